The van der Waals surface area contributed by atoms with Crippen LogP contribution in [0.1, 0.15) is 11.1 Å². The van der Waals surface area contributed by atoms with Crippen LogP contribution >= 0.6 is 35.1 Å². The van der Waals surface area contributed by atoms with Crippen LogP contribution in [0.3, 0.4) is 0 Å². The Kier molecular flexibility index (Phi) is 5.45. The van der Waals surface area contributed by atoms with Gasteiger partial charge in [0.1, 0.15) is 4.38 Å². The van der Waals surface area contributed by atoms with E-state index in [1.54, 1.807) is 30.3 Å². The second-order valence-corrected chi connectivity index (χ2v) is 7.66. The molecule has 0 spiro atoms. The molecule has 1 aliphatic rings. The third-order valence-corrected chi connectivity index (χ3v) is 5.68. The van der Waals surface area contributed by atoms with E-state index in [0.29, 0.717) is 14.8 Å². The monoisotopic (exact) mass is 414 g/mol. The van der Waals surface area contributed by atoms with E-state index < -0.39 is 11.7 Å². The number of carbonyl (C=O) groups excluding carboxylic acids is 1. The van der Waals surface area contributed by atoms with Gasteiger partial charge in [-0.25, -0.2) is 0 Å². The van der Waals surface area contributed by atoms with Gasteiger partial charge in [0.05, 0.1) is 21.2 Å². The molecular formula is C17H10ClF3N2OS2. The van der Waals surface area contributed by atoms with Crippen molar-refractivity contribution in [1.29, 1.82) is 0 Å². The Morgan fingerprint density at radius 1 is 1.23 bits per heavy atom. The fourth-order valence-corrected chi connectivity index (χ4v) is 3.87. The first-order valence-electron chi connectivity index (χ1n) is 7.17. The topological polar surface area (TPSA) is 42.3 Å². The molecule has 1 aromatic carbocycles. The lowest BCUT2D eigenvalue weighted by molar-refractivity contribution is -0.137. The highest BCUT2D eigenvalue weighted by atomic mass is 35.5. The minimum absolute atomic E-state index is 0.0783. The third-order valence-electron chi connectivity index (χ3n) is 3.43. The molecule has 3 rings (SSSR count). The van der Waals surface area contributed by atoms with Gasteiger partial charge in [0.25, 0.3) is 5.91 Å². The van der Waals surface area contributed by atoms with Crippen LogP contribution in [-0.2, 0) is 11.0 Å². The summed E-state index contributed by atoms with van der Waals surface area (Å²) in [5.41, 5.74) is 0.717. The number of rotatable bonds is 2. The number of aliphatic imine (C=N–C) groups is 1. The SMILES string of the molecule is CSC1=NC(=O)C(=Cc2ccc(-c3ncc(C(F)(F)F)cc3Cl)cc2)S1. The van der Waals surface area contributed by atoms with Gasteiger partial charge in [-0.1, -0.05) is 47.6 Å². The second kappa shape index (κ2) is 7.46. The molecule has 0 N–H and O–H groups in total. The lowest BCUT2D eigenvalue weighted by atomic mass is 10.1. The van der Waals surface area contributed by atoms with Crippen LogP contribution in [0.25, 0.3) is 17.3 Å². The summed E-state index contributed by atoms with van der Waals surface area (Å²) < 4.78 is 38.8. The average molecular weight is 415 g/mol. The summed E-state index contributed by atoms with van der Waals surface area (Å²) in [5, 5.41) is -0.0783. The molecule has 26 heavy (non-hydrogen) atoms. The summed E-state index contributed by atoms with van der Waals surface area (Å²) in [5.74, 6) is -0.282. The van der Waals surface area contributed by atoms with Crippen LogP contribution in [0.4, 0.5) is 13.2 Å². The molecule has 1 aromatic heterocycles. The normalized spacial score (nSPS) is 16.3. The number of nitrogens with zero attached hydrogens (tertiary/aromatic N) is 2. The van der Waals surface area contributed by atoms with E-state index in [1.165, 1.54) is 23.5 Å². The van der Waals surface area contributed by atoms with Crippen LogP contribution < -0.4 is 0 Å². The number of alkyl halides is 3. The van der Waals surface area contributed by atoms with Crippen molar-refractivity contribution in [3.8, 4) is 11.3 Å². The van der Waals surface area contributed by atoms with Crippen LogP contribution in [0.5, 0.6) is 0 Å². The van der Waals surface area contributed by atoms with E-state index in [4.69, 9.17) is 11.6 Å². The third kappa shape index (κ3) is 4.13. The van der Waals surface area contributed by atoms with Gasteiger partial charge >= 0.3 is 6.18 Å². The van der Waals surface area contributed by atoms with E-state index in [9.17, 15) is 18.0 Å². The Labute approximate surface area is 160 Å². The fraction of sp³-hybridized carbons (Fsp3) is 0.118. The smallest absolute Gasteiger partial charge is 0.266 e. The minimum Gasteiger partial charge on any atom is -0.266 e. The van der Waals surface area contributed by atoms with Crippen LogP contribution in [0, 0.1) is 0 Å². The van der Waals surface area contributed by atoms with Gasteiger partial charge in [-0.3, -0.25) is 9.78 Å². The molecule has 0 radical (unpaired) electrons. The molecule has 3 nitrogen and oxygen atoms in total. The summed E-state index contributed by atoms with van der Waals surface area (Å²) in [7, 11) is 0. The van der Waals surface area contributed by atoms with Crippen molar-refractivity contribution in [2.45, 2.75) is 6.18 Å². The van der Waals surface area contributed by atoms with E-state index in [1.807, 2.05) is 6.26 Å². The summed E-state index contributed by atoms with van der Waals surface area (Å²) >= 11 is 8.67. The Hall–Kier alpha value is -1.77. The largest absolute Gasteiger partial charge is 0.417 e. The van der Waals surface area contributed by atoms with Gasteiger partial charge in [0, 0.05) is 11.8 Å². The van der Waals surface area contributed by atoms with E-state index in [-0.39, 0.29) is 16.6 Å². The van der Waals surface area contributed by atoms with Gasteiger partial charge in [-0.2, -0.15) is 18.2 Å². The Morgan fingerprint density at radius 2 is 1.92 bits per heavy atom. The van der Waals surface area contributed by atoms with Crippen molar-refractivity contribution in [3.63, 3.8) is 0 Å². The zero-order valence-corrected chi connectivity index (χ0v) is 15.6. The quantitative estimate of drug-likeness (QED) is 0.586. The maximum absolute atomic E-state index is 12.7. The summed E-state index contributed by atoms with van der Waals surface area (Å²) in [4.78, 5) is 20.0. The van der Waals surface area contributed by atoms with E-state index in [2.05, 4.69) is 9.98 Å². The van der Waals surface area contributed by atoms with Crippen molar-refractivity contribution < 1.29 is 18.0 Å². The lowest BCUT2D eigenvalue weighted by Gasteiger charge is -2.09. The number of halogens is 4. The van der Waals surface area contributed by atoms with Gasteiger partial charge in [-0.15, -0.1) is 11.8 Å². The Morgan fingerprint density at radius 3 is 2.46 bits per heavy atom. The van der Waals surface area contributed by atoms with Crippen LogP contribution in [0.2, 0.25) is 5.02 Å². The molecule has 1 amide bonds. The van der Waals surface area contributed by atoms with Crippen molar-refractivity contribution in [2.24, 2.45) is 4.99 Å². The molecule has 2 aromatic rings. The molecular weight excluding hydrogens is 405 g/mol. The molecule has 0 bridgehead atoms. The number of carbonyl (C=O) groups is 1. The highest BCUT2D eigenvalue weighted by Crippen LogP contribution is 2.35. The average Bonchev–Trinajstić information content (AvgIpc) is 2.95. The molecule has 134 valence electrons. The second-order valence-electron chi connectivity index (χ2n) is 5.17. The summed E-state index contributed by atoms with van der Waals surface area (Å²) in [6.45, 7) is 0. The molecule has 0 aliphatic carbocycles. The minimum atomic E-state index is -4.49. The number of hydrogen-bond donors (Lipinski definition) is 0. The van der Waals surface area contributed by atoms with Gasteiger partial charge in [-0.05, 0) is 24.0 Å². The molecule has 0 atom stereocenters. The van der Waals surface area contributed by atoms with Crippen molar-refractivity contribution >= 4 is 51.5 Å². The molecule has 0 unspecified atom stereocenters. The first kappa shape index (κ1) is 19.0. The maximum atomic E-state index is 12.7. The number of hydrogen-bond acceptors (Lipinski definition) is 4. The van der Waals surface area contributed by atoms with E-state index >= 15 is 0 Å². The van der Waals surface area contributed by atoms with Crippen LogP contribution in [-0.4, -0.2) is 21.5 Å². The van der Waals surface area contributed by atoms with Crippen LogP contribution in [0.15, 0.2) is 46.4 Å². The number of thioether (sulfide) groups is 2. The zero-order chi connectivity index (χ0) is 18.9. The van der Waals surface area contributed by atoms with Gasteiger partial charge < -0.3 is 0 Å². The molecule has 0 fully saturated rings. The first-order chi connectivity index (χ1) is 12.3. The highest BCUT2D eigenvalue weighted by Gasteiger charge is 2.31. The molecule has 0 saturated heterocycles. The lowest BCUT2D eigenvalue weighted by Crippen LogP contribution is -2.05. The zero-order valence-electron chi connectivity index (χ0n) is 13.2. The highest BCUT2D eigenvalue weighted by molar-refractivity contribution is 8.40. The Balaban J connectivity index is 1.84. The van der Waals surface area contributed by atoms with Gasteiger partial charge in [0.15, 0.2) is 0 Å². The van der Waals surface area contributed by atoms with Crippen molar-refractivity contribution in [1.82, 2.24) is 4.98 Å². The summed E-state index contributed by atoms with van der Waals surface area (Å²) in [6, 6.07) is 7.71. The number of benzene rings is 1. The predicted octanol–water partition coefficient (Wildman–Crippen LogP) is 5.75. The number of pyridine rings is 1. The maximum Gasteiger partial charge on any atom is 0.417 e. The van der Waals surface area contributed by atoms with Crippen molar-refractivity contribution in [2.75, 3.05) is 6.26 Å². The van der Waals surface area contributed by atoms with Gasteiger partial charge in [0.2, 0.25) is 0 Å². The Bertz CT molecular complexity index is 925. The molecule has 1 aliphatic heterocycles. The fourth-order valence-electron chi connectivity index (χ4n) is 2.17. The first-order valence-corrected chi connectivity index (χ1v) is 9.59. The summed E-state index contributed by atoms with van der Waals surface area (Å²) in [6.07, 6.45) is -0.177. The molecule has 0 saturated carbocycles. The number of aromatic nitrogens is 1. The van der Waals surface area contributed by atoms with E-state index in [0.717, 1.165) is 17.8 Å². The predicted molar refractivity (Wildman–Crippen MR) is 101 cm³/mol. The molecule has 9 heteroatoms. The molecule has 2 heterocycles. The van der Waals surface area contributed by atoms with Crippen molar-refractivity contribution in [3.05, 3.63) is 57.6 Å². The number of amides is 1. The standard InChI is InChI=1S/C17H10ClF3N2OS2/c1-25-16-23-15(24)13(26-16)6-9-2-4-10(5-3-9)14-12(18)7-11(8-22-14)17(19,20)21/h2-8H,1H3.